The maximum absolute atomic E-state index is 9.39. The molecule has 0 amide bonds. The Hall–Kier alpha value is -1.02. The minimum Gasteiger partial charge on any atom is -0.508 e. The van der Waals surface area contributed by atoms with Crippen molar-refractivity contribution in [2.75, 3.05) is 13.1 Å². The zero-order valence-corrected chi connectivity index (χ0v) is 10.7. The molecule has 1 aromatic carbocycles. The molecule has 94 valence electrons. The number of hydrogen-bond donors (Lipinski definition) is 1. The van der Waals surface area contributed by atoms with Gasteiger partial charge in [0.05, 0.1) is 0 Å². The highest BCUT2D eigenvalue weighted by Crippen LogP contribution is 2.17. The van der Waals surface area contributed by atoms with Gasteiger partial charge >= 0.3 is 0 Å². The van der Waals surface area contributed by atoms with Crippen LogP contribution in [0.25, 0.3) is 0 Å². The van der Waals surface area contributed by atoms with Crippen LogP contribution in [0.2, 0.25) is 0 Å². The molecule has 2 heteroatoms. The molecular weight excluding hydrogens is 210 g/mol. The van der Waals surface area contributed by atoms with Gasteiger partial charge in [-0.1, -0.05) is 18.6 Å². The van der Waals surface area contributed by atoms with E-state index in [2.05, 4.69) is 17.9 Å². The van der Waals surface area contributed by atoms with E-state index in [1.165, 1.54) is 44.3 Å². The summed E-state index contributed by atoms with van der Waals surface area (Å²) < 4.78 is 0. The van der Waals surface area contributed by atoms with Gasteiger partial charge in [-0.2, -0.15) is 0 Å². The van der Waals surface area contributed by atoms with Gasteiger partial charge in [-0.15, -0.1) is 0 Å². The molecule has 0 bridgehead atoms. The first-order valence-corrected chi connectivity index (χ1v) is 6.77. The van der Waals surface area contributed by atoms with Crippen LogP contribution in [0.3, 0.4) is 0 Å². The molecule has 1 saturated heterocycles. The Morgan fingerprint density at radius 2 is 2.24 bits per heavy atom. The summed E-state index contributed by atoms with van der Waals surface area (Å²) in [5, 5.41) is 9.39. The number of rotatable bonds is 4. The van der Waals surface area contributed by atoms with Crippen LogP contribution in [-0.4, -0.2) is 29.1 Å². The molecule has 2 rings (SSSR count). The van der Waals surface area contributed by atoms with Gasteiger partial charge < -0.3 is 10.0 Å². The Kier molecular flexibility index (Phi) is 4.43. The van der Waals surface area contributed by atoms with Gasteiger partial charge in [-0.3, -0.25) is 0 Å². The highest BCUT2D eigenvalue weighted by molar-refractivity contribution is 5.27. The summed E-state index contributed by atoms with van der Waals surface area (Å²) in [6, 6.07) is 8.39. The van der Waals surface area contributed by atoms with Gasteiger partial charge in [0.15, 0.2) is 0 Å². The first kappa shape index (κ1) is 12.4. The highest BCUT2D eigenvalue weighted by Gasteiger charge is 2.16. The fourth-order valence-corrected chi connectivity index (χ4v) is 2.69. The SMILES string of the molecule is CC1CCCCN1CCCc1cccc(O)c1. The number of aryl methyl sites for hydroxylation is 1. The minimum atomic E-state index is 0.383. The maximum atomic E-state index is 9.39. The third-order valence-electron chi connectivity index (χ3n) is 3.76. The average Bonchev–Trinajstić information content (AvgIpc) is 2.32. The Morgan fingerprint density at radius 3 is 3.00 bits per heavy atom. The molecule has 0 aromatic heterocycles. The van der Waals surface area contributed by atoms with Crippen molar-refractivity contribution in [3.63, 3.8) is 0 Å². The molecule has 17 heavy (non-hydrogen) atoms. The summed E-state index contributed by atoms with van der Waals surface area (Å²) in [5.41, 5.74) is 1.25. The molecule has 0 saturated carbocycles. The number of benzene rings is 1. The van der Waals surface area contributed by atoms with Crippen LogP contribution in [0.1, 0.15) is 38.2 Å². The van der Waals surface area contributed by atoms with E-state index < -0.39 is 0 Å². The molecule has 0 radical (unpaired) electrons. The Bertz CT molecular complexity index is 351. The molecule has 1 N–H and O–H groups in total. The van der Waals surface area contributed by atoms with Crippen LogP contribution in [0, 0.1) is 0 Å². The van der Waals surface area contributed by atoms with Crippen molar-refractivity contribution in [1.82, 2.24) is 4.90 Å². The van der Waals surface area contributed by atoms with E-state index in [0.29, 0.717) is 5.75 Å². The zero-order valence-electron chi connectivity index (χ0n) is 10.7. The van der Waals surface area contributed by atoms with Crippen molar-refractivity contribution < 1.29 is 5.11 Å². The summed E-state index contributed by atoms with van der Waals surface area (Å²) in [4.78, 5) is 2.60. The Morgan fingerprint density at radius 1 is 1.35 bits per heavy atom. The molecule has 1 atom stereocenters. The number of phenolic OH excluding ortho intramolecular Hbond substituents is 1. The van der Waals surface area contributed by atoms with Gasteiger partial charge in [-0.25, -0.2) is 0 Å². The maximum Gasteiger partial charge on any atom is 0.115 e. The molecule has 2 nitrogen and oxygen atoms in total. The zero-order chi connectivity index (χ0) is 12.1. The number of hydrogen-bond acceptors (Lipinski definition) is 2. The first-order valence-electron chi connectivity index (χ1n) is 6.77. The predicted molar refractivity (Wildman–Crippen MR) is 71.3 cm³/mol. The van der Waals surface area contributed by atoms with Crippen molar-refractivity contribution in [2.45, 2.75) is 45.1 Å². The average molecular weight is 233 g/mol. The number of nitrogens with zero attached hydrogens (tertiary/aromatic N) is 1. The summed E-state index contributed by atoms with van der Waals surface area (Å²) in [6.45, 7) is 4.80. The van der Waals surface area contributed by atoms with Crippen LogP contribution < -0.4 is 0 Å². The van der Waals surface area contributed by atoms with Crippen LogP contribution in [-0.2, 0) is 6.42 Å². The fourth-order valence-electron chi connectivity index (χ4n) is 2.69. The molecule has 1 fully saturated rings. The van der Waals surface area contributed by atoms with Gasteiger partial charge in [0, 0.05) is 6.04 Å². The van der Waals surface area contributed by atoms with E-state index in [1.807, 2.05) is 12.1 Å². The molecular formula is C15H23NO. The number of likely N-dealkylation sites (tertiary alicyclic amines) is 1. The molecule has 0 aliphatic carbocycles. The van der Waals surface area contributed by atoms with Crippen LogP contribution in [0.5, 0.6) is 5.75 Å². The highest BCUT2D eigenvalue weighted by atomic mass is 16.3. The fraction of sp³-hybridized carbons (Fsp3) is 0.600. The standard InChI is InChI=1S/C15H23NO/c1-13-6-2-3-10-16(13)11-5-8-14-7-4-9-15(17)12-14/h4,7,9,12-13,17H,2-3,5-6,8,10-11H2,1H3. The monoisotopic (exact) mass is 233 g/mol. The summed E-state index contributed by atoms with van der Waals surface area (Å²) >= 11 is 0. The van der Waals surface area contributed by atoms with Crippen molar-refractivity contribution in [3.8, 4) is 5.75 Å². The van der Waals surface area contributed by atoms with Gasteiger partial charge in [-0.05, 0) is 63.4 Å². The van der Waals surface area contributed by atoms with E-state index in [1.54, 1.807) is 6.07 Å². The molecule has 1 aromatic rings. The molecule has 1 unspecified atom stereocenters. The van der Waals surface area contributed by atoms with Gasteiger partial charge in [0.1, 0.15) is 5.75 Å². The van der Waals surface area contributed by atoms with Crippen molar-refractivity contribution in [1.29, 1.82) is 0 Å². The lowest BCUT2D eigenvalue weighted by atomic mass is 10.0. The van der Waals surface area contributed by atoms with Crippen molar-refractivity contribution >= 4 is 0 Å². The van der Waals surface area contributed by atoms with Crippen molar-refractivity contribution in [3.05, 3.63) is 29.8 Å². The topological polar surface area (TPSA) is 23.5 Å². The van der Waals surface area contributed by atoms with E-state index in [-0.39, 0.29) is 0 Å². The van der Waals surface area contributed by atoms with E-state index in [0.717, 1.165) is 12.5 Å². The predicted octanol–water partition coefficient (Wildman–Crippen LogP) is 3.20. The van der Waals surface area contributed by atoms with Crippen LogP contribution in [0.15, 0.2) is 24.3 Å². The lowest BCUT2D eigenvalue weighted by Gasteiger charge is -2.33. The van der Waals surface area contributed by atoms with Gasteiger partial charge in [0.2, 0.25) is 0 Å². The third kappa shape index (κ3) is 3.74. The van der Waals surface area contributed by atoms with Crippen LogP contribution >= 0.6 is 0 Å². The number of phenols is 1. The van der Waals surface area contributed by atoms with Crippen molar-refractivity contribution in [2.24, 2.45) is 0 Å². The van der Waals surface area contributed by atoms with E-state index in [9.17, 15) is 5.11 Å². The third-order valence-corrected chi connectivity index (χ3v) is 3.76. The minimum absolute atomic E-state index is 0.383. The number of aromatic hydroxyl groups is 1. The lowest BCUT2D eigenvalue weighted by Crippen LogP contribution is -2.38. The quantitative estimate of drug-likeness (QED) is 0.863. The second kappa shape index (κ2) is 6.06. The molecule has 1 heterocycles. The van der Waals surface area contributed by atoms with Gasteiger partial charge in [0.25, 0.3) is 0 Å². The summed E-state index contributed by atoms with van der Waals surface area (Å²) in [7, 11) is 0. The lowest BCUT2D eigenvalue weighted by molar-refractivity contribution is 0.159. The Balaban J connectivity index is 1.75. The number of piperidine rings is 1. The smallest absolute Gasteiger partial charge is 0.115 e. The second-order valence-corrected chi connectivity index (χ2v) is 5.15. The second-order valence-electron chi connectivity index (χ2n) is 5.15. The summed E-state index contributed by atoms with van der Waals surface area (Å²) in [5.74, 6) is 0.383. The normalized spacial score (nSPS) is 21.6. The summed E-state index contributed by atoms with van der Waals surface area (Å²) in [6.07, 6.45) is 6.36. The molecule has 1 aliphatic heterocycles. The first-order chi connectivity index (χ1) is 8.25. The Labute approximate surface area is 104 Å². The molecule has 0 spiro atoms. The van der Waals surface area contributed by atoms with E-state index >= 15 is 0 Å². The van der Waals surface area contributed by atoms with E-state index in [4.69, 9.17) is 0 Å². The van der Waals surface area contributed by atoms with Crippen LogP contribution in [0.4, 0.5) is 0 Å². The largest absolute Gasteiger partial charge is 0.508 e. The molecule has 1 aliphatic rings.